The molecular weight excluding hydrogens is 304 g/mol. The minimum atomic E-state index is -0.550. The molecule has 1 fully saturated rings. The summed E-state index contributed by atoms with van der Waals surface area (Å²) in [5.74, 6) is 0.358. The molecule has 0 bridgehead atoms. The Bertz CT molecular complexity index is 516. The Morgan fingerprint density at radius 1 is 1.36 bits per heavy atom. The number of benzene rings is 1. The maximum absolute atomic E-state index is 10.9. The van der Waals surface area contributed by atoms with Gasteiger partial charge in [-0.3, -0.25) is 4.79 Å². The zero-order valence-corrected chi connectivity index (χ0v) is 13.6. The maximum Gasteiger partial charge on any atom is 0.255 e. The van der Waals surface area contributed by atoms with Gasteiger partial charge in [0.15, 0.2) is 18.1 Å². The zero-order chi connectivity index (χ0) is 15.9. The molecular formula is C16H23ClN2O3. The Labute approximate surface area is 136 Å². The summed E-state index contributed by atoms with van der Waals surface area (Å²) in [5.41, 5.74) is 6.14. The van der Waals surface area contributed by atoms with Crippen LogP contribution in [-0.4, -0.2) is 25.2 Å². The zero-order valence-electron chi connectivity index (χ0n) is 12.9. The van der Waals surface area contributed by atoms with Crippen molar-refractivity contribution in [1.29, 1.82) is 0 Å². The normalized spacial score (nSPS) is 15.0. The fourth-order valence-electron chi connectivity index (χ4n) is 2.66. The van der Waals surface area contributed by atoms with Crippen LogP contribution in [0.2, 0.25) is 5.02 Å². The lowest BCUT2D eigenvalue weighted by Crippen LogP contribution is -2.25. The SMILES string of the molecule is CCOc1cc(CNC2CCCC2)cc(Cl)c1OCC(N)=O. The van der Waals surface area contributed by atoms with E-state index < -0.39 is 5.91 Å². The number of primary amides is 1. The second-order valence-corrected chi connectivity index (χ2v) is 5.86. The van der Waals surface area contributed by atoms with Crippen LogP contribution in [0, 0.1) is 0 Å². The van der Waals surface area contributed by atoms with Gasteiger partial charge in [-0.1, -0.05) is 24.4 Å². The number of nitrogens with one attached hydrogen (secondary N) is 1. The van der Waals surface area contributed by atoms with Gasteiger partial charge in [0.05, 0.1) is 11.6 Å². The average molecular weight is 327 g/mol. The Morgan fingerprint density at radius 2 is 2.09 bits per heavy atom. The number of halogens is 1. The lowest BCUT2D eigenvalue weighted by molar-refractivity contribution is -0.119. The van der Waals surface area contributed by atoms with E-state index in [4.69, 9.17) is 26.8 Å². The van der Waals surface area contributed by atoms with Gasteiger partial charge in [-0.05, 0) is 37.5 Å². The number of ether oxygens (including phenoxy) is 2. The third-order valence-corrected chi connectivity index (χ3v) is 3.96. The number of carbonyl (C=O) groups excluding carboxylic acids is 1. The van der Waals surface area contributed by atoms with Crippen LogP contribution < -0.4 is 20.5 Å². The van der Waals surface area contributed by atoms with E-state index in [2.05, 4.69) is 5.32 Å². The Balaban J connectivity index is 2.08. The number of rotatable bonds is 8. The first-order chi connectivity index (χ1) is 10.6. The molecule has 122 valence electrons. The van der Waals surface area contributed by atoms with Crippen LogP contribution in [0.1, 0.15) is 38.2 Å². The van der Waals surface area contributed by atoms with Crippen molar-refractivity contribution < 1.29 is 14.3 Å². The third-order valence-electron chi connectivity index (χ3n) is 3.68. The van der Waals surface area contributed by atoms with Gasteiger partial charge >= 0.3 is 0 Å². The molecule has 1 aliphatic rings. The predicted octanol–water partition coefficient (Wildman–Crippen LogP) is 2.63. The standard InChI is InChI=1S/C16H23ClN2O3/c1-2-21-14-8-11(9-19-12-5-3-4-6-12)7-13(17)16(14)22-10-15(18)20/h7-8,12,19H,2-6,9-10H2,1H3,(H2,18,20). The number of nitrogens with two attached hydrogens (primary N) is 1. The minimum Gasteiger partial charge on any atom is -0.490 e. The lowest BCUT2D eigenvalue weighted by atomic mass is 10.1. The van der Waals surface area contributed by atoms with Crippen LogP contribution in [0.15, 0.2) is 12.1 Å². The molecule has 0 unspecified atom stereocenters. The quantitative estimate of drug-likeness (QED) is 0.770. The van der Waals surface area contributed by atoms with E-state index in [0.29, 0.717) is 29.2 Å². The van der Waals surface area contributed by atoms with Gasteiger partial charge in [0, 0.05) is 12.6 Å². The Morgan fingerprint density at radius 3 is 2.73 bits per heavy atom. The van der Waals surface area contributed by atoms with Gasteiger partial charge in [-0.15, -0.1) is 0 Å². The molecule has 0 saturated heterocycles. The number of amides is 1. The fraction of sp³-hybridized carbons (Fsp3) is 0.562. The number of hydrogen-bond donors (Lipinski definition) is 2. The molecule has 1 aliphatic carbocycles. The average Bonchev–Trinajstić information content (AvgIpc) is 2.97. The molecule has 2 rings (SSSR count). The van der Waals surface area contributed by atoms with Crippen molar-refractivity contribution in [1.82, 2.24) is 5.32 Å². The maximum atomic E-state index is 10.9. The molecule has 0 aromatic heterocycles. The van der Waals surface area contributed by atoms with Gasteiger partial charge in [-0.2, -0.15) is 0 Å². The van der Waals surface area contributed by atoms with Crippen LogP contribution in [0.3, 0.4) is 0 Å². The Kier molecular flexibility index (Phi) is 6.34. The predicted molar refractivity (Wildman–Crippen MR) is 86.4 cm³/mol. The van der Waals surface area contributed by atoms with Gasteiger partial charge in [0.2, 0.25) is 0 Å². The summed E-state index contributed by atoms with van der Waals surface area (Å²) in [6, 6.07) is 4.32. The molecule has 6 heteroatoms. The van der Waals surface area contributed by atoms with E-state index >= 15 is 0 Å². The topological polar surface area (TPSA) is 73.6 Å². The lowest BCUT2D eigenvalue weighted by Gasteiger charge is -2.16. The molecule has 22 heavy (non-hydrogen) atoms. The van der Waals surface area contributed by atoms with Crippen LogP contribution in [-0.2, 0) is 11.3 Å². The monoisotopic (exact) mass is 326 g/mol. The highest BCUT2D eigenvalue weighted by molar-refractivity contribution is 6.32. The molecule has 0 heterocycles. The van der Waals surface area contributed by atoms with Crippen LogP contribution in [0.25, 0.3) is 0 Å². The molecule has 3 N–H and O–H groups in total. The summed E-state index contributed by atoms with van der Waals surface area (Å²) >= 11 is 6.26. The van der Waals surface area contributed by atoms with Crippen molar-refractivity contribution in [2.45, 2.75) is 45.2 Å². The summed E-state index contributed by atoms with van der Waals surface area (Å²) in [4.78, 5) is 10.9. The highest BCUT2D eigenvalue weighted by Gasteiger charge is 2.16. The van der Waals surface area contributed by atoms with E-state index in [0.717, 1.165) is 12.1 Å². The second-order valence-electron chi connectivity index (χ2n) is 5.46. The largest absolute Gasteiger partial charge is 0.490 e. The summed E-state index contributed by atoms with van der Waals surface area (Å²) in [6.45, 7) is 2.89. The van der Waals surface area contributed by atoms with Gasteiger partial charge in [0.1, 0.15) is 0 Å². The van der Waals surface area contributed by atoms with Crippen molar-refractivity contribution in [3.63, 3.8) is 0 Å². The van der Waals surface area contributed by atoms with E-state index in [1.54, 1.807) is 0 Å². The van der Waals surface area contributed by atoms with E-state index in [9.17, 15) is 4.79 Å². The van der Waals surface area contributed by atoms with Crippen LogP contribution >= 0.6 is 11.6 Å². The minimum absolute atomic E-state index is 0.223. The second kappa shape index (κ2) is 8.25. The van der Waals surface area contributed by atoms with Crippen LogP contribution in [0.4, 0.5) is 0 Å². The van der Waals surface area contributed by atoms with Crippen molar-refractivity contribution in [2.75, 3.05) is 13.2 Å². The third kappa shape index (κ3) is 4.78. The first-order valence-corrected chi connectivity index (χ1v) is 8.07. The van der Waals surface area contributed by atoms with Crippen molar-refractivity contribution in [2.24, 2.45) is 5.73 Å². The summed E-state index contributed by atoms with van der Waals surface area (Å²) in [7, 11) is 0. The number of carbonyl (C=O) groups is 1. The van der Waals surface area contributed by atoms with Crippen molar-refractivity contribution >= 4 is 17.5 Å². The highest BCUT2D eigenvalue weighted by Crippen LogP contribution is 2.36. The van der Waals surface area contributed by atoms with Crippen molar-refractivity contribution in [3.8, 4) is 11.5 Å². The molecule has 1 saturated carbocycles. The fourth-order valence-corrected chi connectivity index (χ4v) is 2.95. The highest BCUT2D eigenvalue weighted by atomic mass is 35.5. The van der Waals surface area contributed by atoms with Crippen molar-refractivity contribution in [3.05, 3.63) is 22.7 Å². The first kappa shape index (κ1) is 16.9. The smallest absolute Gasteiger partial charge is 0.255 e. The molecule has 0 atom stereocenters. The summed E-state index contributed by atoms with van der Waals surface area (Å²) < 4.78 is 10.9. The van der Waals surface area contributed by atoms with E-state index in [1.807, 2.05) is 19.1 Å². The van der Waals surface area contributed by atoms with Gasteiger partial charge in [0.25, 0.3) is 5.91 Å². The molecule has 1 amide bonds. The molecule has 1 aromatic rings. The first-order valence-electron chi connectivity index (χ1n) is 7.70. The summed E-state index contributed by atoms with van der Waals surface area (Å²) in [5, 5.41) is 3.96. The Hall–Kier alpha value is -1.46. The molecule has 1 aromatic carbocycles. The molecule has 0 aliphatic heterocycles. The number of hydrogen-bond acceptors (Lipinski definition) is 4. The molecule has 0 spiro atoms. The van der Waals surface area contributed by atoms with Gasteiger partial charge in [-0.25, -0.2) is 0 Å². The van der Waals surface area contributed by atoms with Crippen LogP contribution in [0.5, 0.6) is 11.5 Å². The molecule has 0 radical (unpaired) electrons. The van der Waals surface area contributed by atoms with E-state index in [1.165, 1.54) is 25.7 Å². The van der Waals surface area contributed by atoms with Gasteiger partial charge < -0.3 is 20.5 Å². The van der Waals surface area contributed by atoms with E-state index in [-0.39, 0.29) is 6.61 Å². The summed E-state index contributed by atoms with van der Waals surface area (Å²) in [6.07, 6.45) is 5.04. The molecule has 5 nitrogen and oxygen atoms in total.